The summed E-state index contributed by atoms with van der Waals surface area (Å²) in [6.07, 6.45) is 4.99. The van der Waals surface area contributed by atoms with Crippen LogP contribution in [0.1, 0.15) is 20.7 Å². The van der Waals surface area contributed by atoms with E-state index in [0.29, 0.717) is 6.08 Å². The minimum atomic E-state index is -1.27. The summed E-state index contributed by atoms with van der Waals surface area (Å²) in [7, 11) is 0. The van der Waals surface area contributed by atoms with Gasteiger partial charge in [-0.3, -0.25) is 24.3 Å². The molecule has 7 heteroatoms. The Hall–Kier alpha value is -3.61. The van der Waals surface area contributed by atoms with E-state index in [1.54, 1.807) is 24.5 Å². The minimum absolute atomic E-state index is 0.252. The van der Waals surface area contributed by atoms with Crippen LogP contribution >= 0.6 is 0 Å². The summed E-state index contributed by atoms with van der Waals surface area (Å²) in [4.78, 5) is 50.1. The van der Waals surface area contributed by atoms with E-state index in [-0.39, 0.29) is 11.1 Å². The van der Waals surface area contributed by atoms with Crippen LogP contribution in [0.2, 0.25) is 0 Å². The molecule has 0 aliphatic carbocycles. The largest absolute Gasteiger partial charge is 0.478 e. The Morgan fingerprint density at radius 3 is 1.88 bits per heavy atom. The van der Waals surface area contributed by atoms with Gasteiger partial charge in [-0.15, -0.1) is 0 Å². The molecule has 1 aromatic heterocycles. The van der Waals surface area contributed by atoms with Crippen molar-refractivity contribution in [3.63, 3.8) is 0 Å². The highest BCUT2D eigenvalue weighted by Crippen LogP contribution is 2.21. The average molecular weight is 338 g/mol. The fourth-order valence-corrected chi connectivity index (χ4v) is 2.07. The van der Waals surface area contributed by atoms with Crippen LogP contribution < -0.4 is 0 Å². The van der Waals surface area contributed by atoms with Gasteiger partial charge >= 0.3 is 5.97 Å². The molecule has 0 unspecified atom stereocenters. The summed E-state index contributed by atoms with van der Waals surface area (Å²) in [6.45, 7) is -0.462. The van der Waals surface area contributed by atoms with Gasteiger partial charge in [0.2, 0.25) is 0 Å². The molecule has 25 heavy (non-hydrogen) atoms. The normalized spacial score (nSPS) is 12.6. The van der Waals surface area contributed by atoms with E-state index in [9.17, 15) is 19.2 Å². The average Bonchev–Trinajstić information content (AvgIpc) is 2.87. The monoisotopic (exact) mass is 338 g/mol. The van der Waals surface area contributed by atoms with Crippen molar-refractivity contribution in [1.82, 2.24) is 9.88 Å². The summed E-state index contributed by atoms with van der Waals surface area (Å²) < 4.78 is 0. The quantitative estimate of drug-likeness (QED) is 0.670. The molecule has 2 aromatic rings. The van der Waals surface area contributed by atoms with Crippen molar-refractivity contribution in [1.29, 1.82) is 0 Å². The maximum absolute atomic E-state index is 11.9. The van der Waals surface area contributed by atoms with Gasteiger partial charge in [0.1, 0.15) is 0 Å². The lowest BCUT2D eigenvalue weighted by atomic mass is 10.1. The van der Waals surface area contributed by atoms with E-state index < -0.39 is 30.1 Å². The first kappa shape index (κ1) is 17.7. The van der Waals surface area contributed by atoms with Crippen LogP contribution in [0.15, 0.2) is 67.0 Å². The molecule has 0 fully saturated rings. The van der Waals surface area contributed by atoms with Gasteiger partial charge in [-0.25, -0.2) is 4.79 Å². The molecule has 1 aliphatic rings. The van der Waals surface area contributed by atoms with Crippen molar-refractivity contribution in [3.8, 4) is 0 Å². The highest BCUT2D eigenvalue weighted by atomic mass is 16.4. The highest BCUT2D eigenvalue weighted by molar-refractivity contribution is 6.22. The lowest BCUT2D eigenvalue weighted by molar-refractivity contribution is -0.131. The predicted molar refractivity (Wildman–Crippen MR) is 87.8 cm³/mol. The fourth-order valence-electron chi connectivity index (χ4n) is 2.07. The first-order valence-corrected chi connectivity index (χ1v) is 7.24. The van der Waals surface area contributed by atoms with E-state index in [1.807, 2.05) is 18.2 Å². The molecular weight excluding hydrogens is 324 g/mol. The van der Waals surface area contributed by atoms with E-state index >= 15 is 0 Å². The molecular formula is C18H14N2O5. The molecule has 3 rings (SSSR count). The van der Waals surface area contributed by atoms with Crippen molar-refractivity contribution < 1.29 is 24.3 Å². The molecule has 2 heterocycles. The van der Waals surface area contributed by atoms with Gasteiger partial charge in [0, 0.05) is 18.5 Å². The summed E-state index contributed by atoms with van der Waals surface area (Å²) in [5.41, 5.74) is 0.505. The molecule has 0 saturated carbocycles. The van der Waals surface area contributed by atoms with Crippen molar-refractivity contribution in [2.75, 3.05) is 6.54 Å². The second-order valence-electron chi connectivity index (χ2n) is 4.90. The van der Waals surface area contributed by atoms with Gasteiger partial charge in [0.25, 0.3) is 11.8 Å². The summed E-state index contributed by atoms with van der Waals surface area (Å²) >= 11 is 0. The second-order valence-corrected chi connectivity index (χ2v) is 4.90. The predicted octanol–water partition coefficient (Wildman–Crippen LogP) is 1.57. The maximum Gasteiger partial charge on any atom is 0.328 e. The lowest BCUT2D eigenvalue weighted by Gasteiger charge is -2.10. The van der Waals surface area contributed by atoms with E-state index in [1.165, 1.54) is 12.1 Å². The van der Waals surface area contributed by atoms with Gasteiger partial charge < -0.3 is 5.11 Å². The number of rotatable bonds is 4. The van der Waals surface area contributed by atoms with Gasteiger partial charge in [-0.2, -0.15) is 0 Å². The molecule has 1 aromatic carbocycles. The molecule has 1 aliphatic heterocycles. The van der Waals surface area contributed by atoms with Gasteiger partial charge in [-0.1, -0.05) is 18.2 Å². The van der Waals surface area contributed by atoms with Crippen LogP contribution in [0.3, 0.4) is 0 Å². The second kappa shape index (κ2) is 8.30. The molecule has 0 saturated heterocycles. The number of benzene rings is 1. The SMILES string of the molecule is O=C(O)C=CC(=O)CN1C(=O)c2ccccc2C1=O.c1ccncc1. The first-order valence-electron chi connectivity index (χ1n) is 7.24. The van der Waals surface area contributed by atoms with Crippen LogP contribution in [0.4, 0.5) is 0 Å². The standard InChI is InChI=1S/C13H9NO5.C5H5N/c15-8(5-6-11(16)17)7-14-12(18)9-3-1-2-4-10(9)13(14)19;1-2-4-6-5-3-1/h1-6H,7H2,(H,16,17);1-5H. The lowest BCUT2D eigenvalue weighted by Crippen LogP contribution is -2.34. The van der Waals surface area contributed by atoms with Gasteiger partial charge in [0.05, 0.1) is 17.7 Å². The number of hydrogen-bond donors (Lipinski definition) is 1. The molecule has 0 spiro atoms. The van der Waals surface area contributed by atoms with Crippen LogP contribution in [0.5, 0.6) is 0 Å². The molecule has 0 atom stereocenters. The molecule has 0 radical (unpaired) electrons. The number of nitrogens with zero attached hydrogens (tertiary/aromatic N) is 2. The van der Waals surface area contributed by atoms with Crippen molar-refractivity contribution in [2.24, 2.45) is 0 Å². The number of carboxylic acid groups (broad SMARTS) is 1. The Bertz CT molecular complexity index is 769. The van der Waals surface area contributed by atoms with Gasteiger partial charge in [0.15, 0.2) is 5.78 Å². The number of amides is 2. The Kier molecular flexibility index (Phi) is 5.89. The number of ketones is 1. The highest BCUT2D eigenvalue weighted by Gasteiger charge is 2.35. The first-order chi connectivity index (χ1) is 12.0. The zero-order valence-corrected chi connectivity index (χ0v) is 13.0. The summed E-state index contributed by atoms with van der Waals surface area (Å²) in [6, 6.07) is 12.0. The van der Waals surface area contributed by atoms with Crippen molar-refractivity contribution in [3.05, 3.63) is 78.1 Å². The van der Waals surface area contributed by atoms with Crippen LogP contribution in [-0.4, -0.2) is 45.1 Å². The van der Waals surface area contributed by atoms with Crippen molar-refractivity contribution in [2.45, 2.75) is 0 Å². The number of pyridine rings is 1. The number of carbonyl (C=O) groups is 4. The number of imide groups is 1. The molecule has 1 N–H and O–H groups in total. The Labute approximate surface area is 143 Å². The van der Waals surface area contributed by atoms with Crippen molar-refractivity contribution >= 4 is 23.6 Å². The number of aliphatic carboxylic acids is 1. The third-order valence-electron chi connectivity index (χ3n) is 3.17. The van der Waals surface area contributed by atoms with Crippen LogP contribution in [0.25, 0.3) is 0 Å². The smallest absolute Gasteiger partial charge is 0.328 e. The molecule has 0 bridgehead atoms. The van der Waals surface area contributed by atoms with E-state index in [4.69, 9.17) is 5.11 Å². The third kappa shape index (κ3) is 4.68. The summed E-state index contributed by atoms with van der Waals surface area (Å²) in [5.74, 6) is -2.98. The zero-order valence-electron chi connectivity index (χ0n) is 13.0. The number of fused-ring (bicyclic) bond motifs is 1. The molecule has 2 amide bonds. The third-order valence-corrected chi connectivity index (χ3v) is 3.17. The molecule has 126 valence electrons. The van der Waals surface area contributed by atoms with E-state index in [2.05, 4.69) is 4.98 Å². The van der Waals surface area contributed by atoms with Crippen LogP contribution in [0, 0.1) is 0 Å². The number of aromatic nitrogens is 1. The van der Waals surface area contributed by atoms with Crippen LogP contribution in [-0.2, 0) is 9.59 Å². The minimum Gasteiger partial charge on any atom is -0.478 e. The fraction of sp³-hybridized carbons (Fsp3) is 0.0556. The Morgan fingerprint density at radius 2 is 1.48 bits per heavy atom. The summed E-state index contributed by atoms with van der Waals surface area (Å²) in [5, 5.41) is 8.38. The number of hydrogen-bond acceptors (Lipinski definition) is 5. The number of carbonyl (C=O) groups excluding carboxylic acids is 3. The Morgan fingerprint density at radius 1 is 0.920 bits per heavy atom. The van der Waals surface area contributed by atoms with E-state index in [0.717, 1.165) is 11.0 Å². The zero-order chi connectivity index (χ0) is 18.2. The number of carboxylic acids is 1. The molecule has 7 nitrogen and oxygen atoms in total. The van der Waals surface area contributed by atoms with Gasteiger partial charge in [-0.05, 0) is 30.3 Å². The topological polar surface area (TPSA) is 105 Å². The Balaban J connectivity index is 0.000000316. The maximum atomic E-state index is 11.9.